The van der Waals surface area contributed by atoms with Crippen LogP contribution in [-0.2, 0) is 37.4 Å². The first-order valence-electron chi connectivity index (χ1n) is 34.7. The highest BCUT2D eigenvalue weighted by Gasteiger charge is 2.41. The van der Waals surface area contributed by atoms with Crippen LogP contribution in [0, 0.1) is 54.3 Å². The number of rotatable bonds is 6. The molecule has 0 atom stereocenters. The minimum atomic E-state index is -2.83. The molecule has 0 saturated heterocycles. The summed E-state index contributed by atoms with van der Waals surface area (Å²) in [6.07, 6.45) is 6.24. The SMILES string of the molecule is Cc1ccc(-c2cc[n+](C)c(-c3cc4c(cc3C)C(C)(C)c3nc(C)ccc3-4)c2)cc1.Cc1ccc2c(n1)C(C)(C)c1cc(C)c(-c3cc(-c4ccc(F)cc4)cc[n+]3C)cc1-2.[2H]C([2H])([2H])C1(C([2H])([2H])[2H])c2cc(C)c(-c3cc(-c4ccccc4)cc[n+]3C)cc2-c2ccc(C)nc21. The number of aryl methyl sites for hydroxylation is 10. The highest BCUT2D eigenvalue weighted by molar-refractivity contribution is 5.88. The molecular formula is C85H82FN6+3. The monoisotopic (exact) mass is 1210 g/mol. The molecule has 0 radical (unpaired) electrons. The van der Waals surface area contributed by atoms with Crippen molar-refractivity contribution in [2.45, 2.75) is 106 Å². The zero-order chi connectivity index (χ0) is 69.9. The average molecular weight is 1210 g/mol. The number of hydrogen-bond acceptors (Lipinski definition) is 3. The van der Waals surface area contributed by atoms with Crippen LogP contribution in [0.3, 0.4) is 0 Å². The van der Waals surface area contributed by atoms with Gasteiger partial charge in [0, 0.05) is 111 Å². The Labute approximate surface area is 552 Å². The minimum Gasteiger partial charge on any atom is -0.257 e. The fourth-order valence-electron chi connectivity index (χ4n) is 14.0. The Morgan fingerprint density at radius 1 is 0.326 bits per heavy atom. The Morgan fingerprint density at radius 2 is 0.652 bits per heavy atom. The van der Waals surface area contributed by atoms with E-state index in [0.717, 1.165) is 61.9 Å². The third-order valence-electron chi connectivity index (χ3n) is 19.3. The van der Waals surface area contributed by atoms with Gasteiger partial charge in [-0.1, -0.05) is 150 Å². The molecule has 0 N–H and O–H groups in total. The van der Waals surface area contributed by atoms with Crippen molar-refractivity contribution in [3.8, 4) is 101 Å². The molecule has 92 heavy (non-hydrogen) atoms. The first kappa shape index (κ1) is 53.9. The van der Waals surface area contributed by atoms with E-state index in [4.69, 9.17) is 18.2 Å². The van der Waals surface area contributed by atoms with Gasteiger partial charge in [0.15, 0.2) is 18.6 Å². The molecule has 7 heteroatoms. The van der Waals surface area contributed by atoms with Crippen LogP contribution in [0.1, 0.15) is 123 Å². The van der Waals surface area contributed by atoms with Gasteiger partial charge >= 0.3 is 0 Å². The molecule has 0 unspecified atom stereocenters. The summed E-state index contributed by atoms with van der Waals surface area (Å²) in [6, 6.07) is 63.8. The second-order valence-electron chi connectivity index (χ2n) is 26.7. The number of nitrogens with zero attached hydrogens (tertiary/aromatic N) is 6. The molecule has 3 aliphatic carbocycles. The lowest BCUT2D eigenvalue weighted by Crippen LogP contribution is -2.30. The summed E-state index contributed by atoms with van der Waals surface area (Å²) in [5, 5.41) is 0. The third-order valence-corrected chi connectivity index (χ3v) is 19.3. The molecule has 15 rings (SSSR count). The molecule has 3 aliphatic rings. The van der Waals surface area contributed by atoms with Crippen molar-refractivity contribution in [2.75, 3.05) is 0 Å². The second kappa shape index (κ2) is 23.1. The van der Waals surface area contributed by atoms with Crippen LogP contribution in [0.25, 0.3) is 101 Å². The van der Waals surface area contributed by atoms with E-state index in [1.165, 1.54) is 95.8 Å². The molecule has 6 nitrogen and oxygen atoms in total. The molecule has 6 heterocycles. The number of hydrogen-bond donors (Lipinski definition) is 0. The molecule has 6 aromatic heterocycles. The molecule has 0 aliphatic heterocycles. The Hall–Kier alpha value is -9.85. The zero-order valence-electron chi connectivity index (χ0n) is 61.2. The summed E-state index contributed by atoms with van der Waals surface area (Å²) < 4.78 is 70.4. The maximum Gasteiger partial charge on any atom is 0.213 e. The maximum atomic E-state index is 13.4. The van der Waals surface area contributed by atoms with Crippen molar-refractivity contribution in [3.05, 3.63) is 286 Å². The van der Waals surface area contributed by atoms with Gasteiger partial charge in [-0.3, -0.25) is 15.0 Å². The quantitative estimate of drug-likeness (QED) is 0.156. The van der Waals surface area contributed by atoms with Gasteiger partial charge in [-0.15, -0.1) is 0 Å². The lowest BCUT2D eigenvalue weighted by molar-refractivity contribution is -0.660. The van der Waals surface area contributed by atoms with E-state index in [-0.39, 0.29) is 22.3 Å². The normalized spacial score (nSPS) is 15.0. The first-order valence-corrected chi connectivity index (χ1v) is 31.7. The lowest BCUT2D eigenvalue weighted by Gasteiger charge is -2.21. The topological polar surface area (TPSA) is 50.3 Å². The van der Waals surface area contributed by atoms with E-state index >= 15 is 0 Å². The van der Waals surface area contributed by atoms with Gasteiger partial charge in [0.1, 0.15) is 27.0 Å². The van der Waals surface area contributed by atoms with Crippen molar-refractivity contribution in [1.29, 1.82) is 0 Å². The summed E-state index contributed by atoms with van der Waals surface area (Å²) >= 11 is 0. The highest BCUT2D eigenvalue weighted by atomic mass is 19.1. The number of aromatic nitrogens is 6. The molecule has 0 fully saturated rings. The Balaban J connectivity index is 0.000000133. The fourth-order valence-corrected chi connectivity index (χ4v) is 14.0. The standard InChI is InChI=1S/C29H29N2.C28H26FN2.C28H27N2/c1-18-7-10-21(11-8-18)22-13-14-31(6)27(16-22)24-17-25-23-12-9-20(3)30-28(23)29(4,5)26(25)15-19(24)2;1-17-14-25-24(22-11-6-18(2)30-27(22)28(25,3)4)16-23(17)26-15-20(12-13-31(26)5)19-7-9-21(29)10-8-19;1-18-15-25-24(22-12-11-19(2)29-27(22)28(25,3)4)17-23(18)26-16-21(13-14-30(26)5)20-9-7-6-8-10-20/h7-17H,1-6H3;6-16H,1-5H3;6-17H,1-5H3/q3*+1/i;;3D3,4D3. The largest absolute Gasteiger partial charge is 0.257 e. The molecule has 0 bridgehead atoms. The van der Waals surface area contributed by atoms with E-state index in [9.17, 15) is 4.39 Å². The van der Waals surface area contributed by atoms with Crippen LogP contribution in [-0.4, -0.2) is 15.0 Å². The number of benzene rings is 6. The summed E-state index contributed by atoms with van der Waals surface area (Å²) in [5.41, 5.74) is 30.0. The zero-order valence-corrected chi connectivity index (χ0v) is 55.2. The molecule has 6 aromatic carbocycles. The van der Waals surface area contributed by atoms with Crippen molar-refractivity contribution >= 4 is 0 Å². The van der Waals surface area contributed by atoms with Gasteiger partial charge in [0.05, 0.1) is 17.1 Å². The molecule has 0 amide bonds. The summed E-state index contributed by atoms with van der Waals surface area (Å²) in [7, 11) is 6.16. The predicted octanol–water partition coefficient (Wildman–Crippen LogP) is 18.9. The maximum absolute atomic E-state index is 13.4. The lowest BCUT2D eigenvalue weighted by atomic mass is 9.83. The third kappa shape index (κ3) is 10.7. The van der Waals surface area contributed by atoms with Gasteiger partial charge in [0.2, 0.25) is 17.1 Å². The van der Waals surface area contributed by atoms with E-state index < -0.39 is 19.1 Å². The molecule has 456 valence electrons. The Morgan fingerprint density at radius 3 is 1.01 bits per heavy atom. The van der Waals surface area contributed by atoms with E-state index in [0.29, 0.717) is 22.4 Å². The molecular weight excluding hydrogens is 1120 g/mol. The van der Waals surface area contributed by atoms with Gasteiger partial charge in [-0.2, -0.15) is 0 Å². The average Bonchev–Trinajstić information content (AvgIpc) is 1.50. The van der Waals surface area contributed by atoms with E-state index in [1.54, 1.807) is 25.1 Å². The van der Waals surface area contributed by atoms with Crippen LogP contribution in [0.15, 0.2) is 207 Å². The van der Waals surface area contributed by atoms with Crippen molar-refractivity contribution in [1.82, 2.24) is 15.0 Å². The Bertz CT molecular complexity index is 4960. The van der Waals surface area contributed by atoms with Crippen LogP contribution in [0.4, 0.5) is 4.39 Å². The van der Waals surface area contributed by atoms with Crippen molar-refractivity contribution < 1.29 is 26.3 Å². The van der Waals surface area contributed by atoms with Crippen LogP contribution < -0.4 is 13.7 Å². The van der Waals surface area contributed by atoms with Gasteiger partial charge in [0.25, 0.3) is 0 Å². The van der Waals surface area contributed by atoms with Gasteiger partial charge in [-0.05, 0) is 180 Å². The predicted molar refractivity (Wildman–Crippen MR) is 375 cm³/mol. The van der Waals surface area contributed by atoms with Crippen LogP contribution in [0.5, 0.6) is 0 Å². The molecule has 0 spiro atoms. The summed E-state index contributed by atoms with van der Waals surface area (Å²) in [5.74, 6) is -0.218. The summed E-state index contributed by atoms with van der Waals surface area (Å²) in [6.45, 7) is 17.8. The number of halogens is 1. The van der Waals surface area contributed by atoms with Crippen molar-refractivity contribution in [2.24, 2.45) is 21.1 Å². The summed E-state index contributed by atoms with van der Waals surface area (Å²) in [4.78, 5) is 14.4. The van der Waals surface area contributed by atoms with Crippen LogP contribution in [0.2, 0.25) is 0 Å². The molecule has 0 saturated carbocycles. The molecule has 12 aromatic rings. The van der Waals surface area contributed by atoms with E-state index in [1.807, 2.05) is 61.1 Å². The van der Waals surface area contributed by atoms with Crippen molar-refractivity contribution in [3.63, 3.8) is 0 Å². The van der Waals surface area contributed by atoms with Gasteiger partial charge in [-0.25, -0.2) is 18.1 Å². The fraction of sp³-hybridized carbons (Fsp3) is 0.224. The minimum absolute atomic E-state index is 0.0775. The Kier molecular flexibility index (Phi) is 13.6. The first-order chi connectivity index (χ1) is 46.4. The van der Waals surface area contributed by atoms with E-state index in [2.05, 4.69) is 224 Å². The number of fused-ring (bicyclic) bond motifs is 9. The highest BCUT2D eigenvalue weighted by Crippen LogP contribution is 2.52. The van der Waals surface area contributed by atoms with Gasteiger partial charge < -0.3 is 0 Å². The number of pyridine rings is 6. The second-order valence-corrected chi connectivity index (χ2v) is 26.7. The smallest absolute Gasteiger partial charge is 0.213 e. The van der Waals surface area contributed by atoms with Crippen LogP contribution >= 0.6 is 0 Å².